The lowest BCUT2D eigenvalue weighted by molar-refractivity contribution is 0.0680. The molecule has 2 atom stereocenters. The van der Waals surface area contributed by atoms with Crippen LogP contribution >= 0.6 is 0 Å². The van der Waals surface area contributed by atoms with E-state index >= 15 is 0 Å². The fourth-order valence-corrected chi connectivity index (χ4v) is 3.51. The summed E-state index contributed by atoms with van der Waals surface area (Å²) in [6.45, 7) is 1.85. The number of hydrogen-bond donors (Lipinski definition) is 1. The van der Waals surface area contributed by atoms with Crippen molar-refractivity contribution in [1.29, 1.82) is 0 Å². The Labute approximate surface area is 131 Å². The zero-order valence-corrected chi connectivity index (χ0v) is 13.2. The largest absolute Gasteiger partial charge is 0.345 e. The molecule has 0 aliphatic carbocycles. The summed E-state index contributed by atoms with van der Waals surface area (Å²) >= 11 is 0. The maximum absolute atomic E-state index is 12.9. The molecule has 2 saturated heterocycles. The van der Waals surface area contributed by atoms with Crippen molar-refractivity contribution in [3.8, 4) is 0 Å². The zero-order valence-electron chi connectivity index (χ0n) is 13.2. The van der Waals surface area contributed by atoms with Crippen LogP contribution in [0.4, 0.5) is 0 Å². The number of benzene rings is 1. The summed E-state index contributed by atoms with van der Waals surface area (Å²) < 4.78 is 0. The van der Waals surface area contributed by atoms with Gasteiger partial charge in [-0.2, -0.15) is 0 Å². The van der Waals surface area contributed by atoms with Gasteiger partial charge in [-0.25, -0.2) is 0 Å². The van der Waals surface area contributed by atoms with Crippen molar-refractivity contribution in [3.05, 3.63) is 35.4 Å². The van der Waals surface area contributed by atoms with Crippen LogP contribution in [0.15, 0.2) is 24.3 Å². The van der Waals surface area contributed by atoms with E-state index in [2.05, 4.69) is 5.32 Å². The molecule has 0 radical (unpaired) electrons. The Kier molecular flexibility index (Phi) is 4.16. The normalized spacial score (nSPS) is 24.0. The third-order valence-electron chi connectivity index (χ3n) is 4.65. The molecule has 2 aliphatic rings. The van der Waals surface area contributed by atoms with E-state index in [1.807, 2.05) is 11.0 Å². The standard InChI is InChI=1S/C17H23N3O2/c1-19(2)16(21)12-4-3-5-13(10-12)17(22)20-14-6-7-15(20)11-18-9-8-14/h3-5,10,14-15,18H,6-9,11H2,1-2H3. The van der Waals surface area contributed by atoms with Crippen LogP contribution in [0.5, 0.6) is 0 Å². The topological polar surface area (TPSA) is 52.7 Å². The Morgan fingerprint density at radius 2 is 1.86 bits per heavy atom. The summed E-state index contributed by atoms with van der Waals surface area (Å²) in [5.41, 5.74) is 1.18. The van der Waals surface area contributed by atoms with E-state index in [-0.39, 0.29) is 17.9 Å². The smallest absolute Gasteiger partial charge is 0.254 e. The molecule has 2 heterocycles. The third-order valence-corrected chi connectivity index (χ3v) is 4.65. The molecule has 2 bridgehead atoms. The molecule has 1 N–H and O–H groups in total. The number of amides is 2. The van der Waals surface area contributed by atoms with Crippen LogP contribution in [-0.2, 0) is 0 Å². The average Bonchev–Trinajstić information content (AvgIpc) is 2.78. The predicted molar refractivity (Wildman–Crippen MR) is 84.9 cm³/mol. The zero-order chi connectivity index (χ0) is 15.7. The monoisotopic (exact) mass is 301 g/mol. The van der Waals surface area contributed by atoms with Gasteiger partial charge in [0.1, 0.15) is 0 Å². The van der Waals surface area contributed by atoms with Crippen molar-refractivity contribution < 1.29 is 9.59 Å². The van der Waals surface area contributed by atoms with Crippen molar-refractivity contribution in [2.45, 2.75) is 31.3 Å². The van der Waals surface area contributed by atoms with Crippen LogP contribution in [0.2, 0.25) is 0 Å². The van der Waals surface area contributed by atoms with E-state index in [9.17, 15) is 9.59 Å². The maximum atomic E-state index is 12.9. The van der Waals surface area contributed by atoms with E-state index < -0.39 is 0 Å². The summed E-state index contributed by atoms with van der Waals surface area (Å²) in [5, 5.41) is 3.40. The first-order valence-corrected chi connectivity index (χ1v) is 7.93. The number of rotatable bonds is 2. The lowest BCUT2D eigenvalue weighted by Crippen LogP contribution is -2.42. The van der Waals surface area contributed by atoms with Gasteiger partial charge in [0.2, 0.25) is 0 Å². The fraction of sp³-hybridized carbons (Fsp3) is 0.529. The molecule has 1 aromatic carbocycles. The van der Waals surface area contributed by atoms with Gasteiger partial charge < -0.3 is 15.1 Å². The van der Waals surface area contributed by atoms with Gasteiger partial charge in [0.15, 0.2) is 0 Å². The predicted octanol–water partition coefficient (Wildman–Crippen LogP) is 1.35. The minimum absolute atomic E-state index is 0.0598. The summed E-state index contributed by atoms with van der Waals surface area (Å²) in [4.78, 5) is 28.6. The maximum Gasteiger partial charge on any atom is 0.254 e. The average molecular weight is 301 g/mol. The van der Waals surface area contributed by atoms with E-state index in [1.165, 1.54) is 4.90 Å². The second-order valence-electron chi connectivity index (χ2n) is 6.37. The molecule has 0 aromatic heterocycles. The van der Waals surface area contributed by atoms with Crippen LogP contribution in [0.3, 0.4) is 0 Å². The Morgan fingerprint density at radius 1 is 1.14 bits per heavy atom. The van der Waals surface area contributed by atoms with Crippen molar-refractivity contribution in [3.63, 3.8) is 0 Å². The Bertz CT molecular complexity index is 571. The van der Waals surface area contributed by atoms with Crippen LogP contribution in [-0.4, -0.2) is 60.9 Å². The van der Waals surface area contributed by atoms with Crippen LogP contribution < -0.4 is 5.32 Å². The molecular formula is C17H23N3O2. The molecule has 5 nitrogen and oxygen atoms in total. The van der Waals surface area contributed by atoms with Gasteiger partial charge in [-0.15, -0.1) is 0 Å². The van der Waals surface area contributed by atoms with E-state index in [0.717, 1.165) is 32.4 Å². The van der Waals surface area contributed by atoms with E-state index in [1.54, 1.807) is 32.3 Å². The highest BCUT2D eigenvalue weighted by atomic mass is 16.2. The Hall–Kier alpha value is -1.88. The first-order chi connectivity index (χ1) is 10.6. The van der Waals surface area contributed by atoms with Crippen LogP contribution in [0, 0.1) is 0 Å². The first-order valence-electron chi connectivity index (χ1n) is 7.93. The summed E-state index contributed by atoms with van der Waals surface area (Å²) in [5.74, 6) is -0.0141. The molecule has 2 unspecified atom stereocenters. The minimum atomic E-state index is -0.0739. The lowest BCUT2D eigenvalue weighted by atomic mass is 10.1. The van der Waals surface area contributed by atoms with E-state index in [4.69, 9.17) is 0 Å². The second kappa shape index (κ2) is 6.08. The summed E-state index contributed by atoms with van der Waals surface area (Å²) in [7, 11) is 3.44. The quantitative estimate of drug-likeness (QED) is 0.897. The molecule has 0 saturated carbocycles. The molecule has 2 amide bonds. The third kappa shape index (κ3) is 2.73. The Balaban J connectivity index is 1.86. The first kappa shape index (κ1) is 15.0. The second-order valence-corrected chi connectivity index (χ2v) is 6.37. The number of hydrogen-bond acceptors (Lipinski definition) is 3. The Morgan fingerprint density at radius 3 is 2.64 bits per heavy atom. The van der Waals surface area contributed by atoms with Gasteiger partial charge in [0, 0.05) is 43.9 Å². The summed E-state index contributed by atoms with van der Waals surface area (Å²) in [6, 6.07) is 7.71. The van der Waals surface area contributed by atoms with Crippen molar-refractivity contribution >= 4 is 11.8 Å². The molecular weight excluding hydrogens is 278 g/mol. The van der Waals surface area contributed by atoms with Gasteiger partial charge in [-0.05, 0) is 44.0 Å². The SMILES string of the molecule is CN(C)C(=O)c1cccc(C(=O)N2C3CCNCC2CC3)c1. The molecule has 0 spiro atoms. The van der Waals surface area contributed by atoms with Gasteiger partial charge in [-0.1, -0.05) is 6.07 Å². The van der Waals surface area contributed by atoms with Crippen molar-refractivity contribution in [1.82, 2.24) is 15.1 Å². The molecule has 2 fully saturated rings. The highest BCUT2D eigenvalue weighted by Crippen LogP contribution is 2.29. The van der Waals surface area contributed by atoms with Crippen LogP contribution in [0.1, 0.15) is 40.0 Å². The van der Waals surface area contributed by atoms with Crippen molar-refractivity contribution in [2.75, 3.05) is 27.2 Å². The molecule has 22 heavy (non-hydrogen) atoms. The molecule has 1 aromatic rings. The number of nitrogens with one attached hydrogen (secondary N) is 1. The van der Waals surface area contributed by atoms with Gasteiger partial charge in [0.05, 0.1) is 0 Å². The fourth-order valence-electron chi connectivity index (χ4n) is 3.51. The van der Waals surface area contributed by atoms with E-state index in [0.29, 0.717) is 17.2 Å². The van der Waals surface area contributed by atoms with Gasteiger partial charge >= 0.3 is 0 Å². The summed E-state index contributed by atoms with van der Waals surface area (Å²) in [6.07, 6.45) is 3.17. The van der Waals surface area contributed by atoms with Crippen molar-refractivity contribution in [2.24, 2.45) is 0 Å². The van der Waals surface area contributed by atoms with Crippen LogP contribution in [0.25, 0.3) is 0 Å². The number of fused-ring (bicyclic) bond motifs is 2. The molecule has 3 rings (SSSR count). The highest BCUT2D eigenvalue weighted by molar-refractivity contribution is 5.99. The highest BCUT2D eigenvalue weighted by Gasteiger charge is 2.38. The number of carbonyl (C=O) groups is 2. The van der Waals surface area contributed by atoms with Gasteiger partial charge in [-0.3, -0.25) is 9.59 Å². The number of carbonyl (C=O) groups excluding carboxylic acids is 2. The lowest BCUT2D eigenvalue weighted by Gasteiger charge is -2.28. The van der Waals surface area contributed by atoms with Gasteiger partial charge in [0.25, 0.3) is 11.8 Å². The number of nitrogens with zero attached hydrogens (tertiary/aromatic N) is 2. The molecule has 5 heteroatoms. The minimum Gasteiger partial charge on any atom is -0.345 e. The molecule has 2 aliphatic heterocycles. The molecule has 118 valence electrons.